The zero-order valence-corrected chi connectivity index (χ0v) is 18.6. The van der Waals surface area contributed by atoms with Crippen LogP contribution in [0.3, 0.4) is 0 Å². The zero-order valence-electron chi connectivity index (χ0n) is 16.9. The molecule has 10 heteroatoms. The molecule has 2 heterocycles. The summed E-state index contributed by atoms with van der Waals surface area (Å²) in [5, 5.41) is 0.566. The van der Waals surface area contributed by atoms with Crippen LogP contribution in [0.2, 0.25) is 0 Å². The molecule has 0 unspecified atom stereocenters. The largest absolute Gasteiger partial charge is 0.467 e. The number of piperidine rings is 1. The molecule has 0 atom stereocenters. The normalized spacial score (nSPS) is 16.7. The fourth-order valence-electron chi connectivity index (χ4n) is 3.59. The Morgan fingerprint density at radius 3 is 2.23 bits per heavy atom. The minimum atomic E-state index is -4.50. The maximum atomic E-state index is 12.8. The number of alkyl halides is 3. The van der Waals surface area contributed by atoms with Gasteiger partial charge in [-0.15, -0.1) is 0 Å². The Balaban J connectivity index is 1.42. The summed E-state index contributed by atoms with van der Waals surface area (Å²) in [5.74, 6) is 0. The number of halogens is 3. The van der Waals surface area contributed by atoms with Crippen LogP contribution in [-0.2, 0) is 16.2 Å². The molecule has 0 aliphatic carbocycles. The first-order valence-corrected chi connectivity index (χ1v) is 12.0. The van der Waals surface area contributed by atoms with Gasteiger partial charge in [-0.1, -0.05) is 23.5 Å². The van der Waals surface area contributed by atoms with Gasteiger partial charge >= 0.3 is 6.18 Å². The number of thiazole rings is 1. The van der Waals surface area contributed by atoms with Gasteiger partial charge in [-0.05, 0) is 62.1 Å². The quantitative estimate of drug-likeness (QED) is 0.528. The van der Waals surface area contributed by atoms with Crippen molar-refractivity contribution in [3.8, 4) is 5.19 Å². The highest BCUT2D eigenvalue weighted by Crippen LogP contribution is 2.34. The molecule has 0 spiro atoms. The standard InChI is InChI=1S/C21H21F3N2O3S2/c1-13-3-4-14(2)19-18(13)25-20(30-19)29-16-9-11-26(12-10-16)31(27,28)17-7-5-15(6-8-17)21(22,23)24/h3-8,16H,9-12H2,1-2H3. The highest BCUT2D eigenvalue weighted by Gasteiger charge is 2.33. The molecule has 0 N–H and O–H groups in total. The monoisotopic (exact) mass is 470 g/mol. The predicted octanol–water partition coefficient (Wildman–Crippen LogP) is 5.16. The molecule has 1 saturated heterocycles. The highest BCUT2D eigenvalue weighted by molar-refractivity contribution is 7.89. The smallest absolute Gasteiger partial charge is 0.416 e. The molecule has 1 fully saturated rings. The molecule has 0 amide bonds. The Morgan fingerprint density at radius 2 is 1.65 bits per heavy atom. The minimum absolute atomic E-state index is 0.142. The molecule has 31 heavy (non-hydrogen) atoms. The van der Waals surface area contributed by atoms with E-state index in [0.717, 1.165) is 45.6 Å². The van der Waals surface area contributed by atoms with Gasteiger partial charge in [-0.3, -0.25) is 0 Å². The van der Waals surface area contributed by atoms with Gasteiger partial charge < -0.3 is 4.74 Å². The first kappa shape index (κ1) is 22.0. The fourth-order valence-corrected chi connectivity index (χ4v) is 6.09. The van der Waals surface area contributed by atoms with Gasteiger partial charge in [0.05, 0.1) is 20.7 Å². The Labute approximate surface area is 182 Å². The van der Waals surface area contributed by atoms with Crippen molar-refractivity contribution in [2.24, 2.45) is 0 Å². The average molecular weight is 471 g/mol. The van der Waals surface area contributed by atoms with Gasteiger partial charge in [0.1, 0.15) is 6.10 Å². The Morgan fingerprint density at radius 1 is 1.03 bits per heavy atom. The predicted molar refractivity (Wildman–Crippen MR) is 113 cm³/mol. The van der Waals surface area contributed by atoms with Gasteiger partial charge in [-0.25, -0.2) is 13.4 Å². The summed E-state index contributed by atoms with van der Waals surface area (Å²) in [6.07, 6.45) is -3.71. The molecule has 3 aromatic rings. The van der Waals surface area contributed by atoms with E-state index in [4.69, 9.17) is 4.74 Å². The molecule has 4 rings (SSSR count). The molecular weight excluding hydrogens is 449 g/mol. The van der Waals surface area contributed by atoms with Crippen molar-refractivity contribution in [2.45, 2.75) is 43.9 Å². The van der Waals surface area contributed by atoms with Gasteiger partial charge in [0.25, 0.3) is 5.19 Å². The molecule has 5 nitrogen and oxygen atoms in total. The third-order valence-electron chi connectivity index (χ3n) is 5.41. The number of hydrogen-bond donors (Lipinski definition) is 0. The van der Waals surface area contributed by atoms with E-state index in [-0.39, 0.29) is 24.1 Å². The van der Waals surface area contributed by atoms with Gasteiger partial charge in [0, 0.05) is 13.1 Å². The SMILES string of the molecule is Cc1ccc(C)c2sc(OC3CCN(S(=O)(=O)c4ccc(C(F)(F)F)cc4)CC3)nc12. The van der Waals surface area contributed by atoms with Crippen molar-refractivity contribution in [3.63, 3.8) is 0 Å². The van der Waals surface area contributed by atoms with Crippen LogP contribution in [0.4, 0.5) is 13.2 Å². The van der Waals surface area contributed by atoms with Crippen LogP contribution in [0.25, 0.3) is 10.2 Å². The highest BCUT2D eigenvalue weighted by atomic mass is 32.2. The summed E-state index contributed by atoms with van der Waals surface area (Å²) in [4.78, 5) is 4.44. The first-order valence-electron chi connectivity index (χ1n) is 9.76. The number of benzene rings is 2. The second kappa shape index (κ2) is 8.07. The van der Waals surface area contributed by atoms with E-state index in [1.807, 2.05) is 26.0 Å². The maximum absolute atomic E-state index is 12.8. The van der Waals surface area contributed by atoms with Gasteiger partial charge in [0.2, 0.25) is 10.0 Å². The zero-order chi connectivity index (χ0) is 22.4. The summed E-state index contributed by atoms with van der Waals surface area (Å²) >= 11 is 1.48. The molecule has 1 aliphatic heterocycles. The lowest BCUT2D eigenvalue weighted by Gasteiger charge is -2.30. The van der Waals surface area contributed by atoms with E-state index in [9.17, 15) is 21.6 Å². The number of hydrogen-bond acceptors (Lipinski definition) is 5. The second-order valence-electron chi connectivity index (χ2n) is 7.60. The number of nitrogens with zero attached hydrogens (tertiary/aromatic N) is 2. The number of ether oxygens (including phenoxy) is 1. The van der Waals surface area contributed by atoms with Gasteiger partial charge in [-0.2, -0.15) is 17.5 Å². The Bertz CT molecular complexity index is 1160. The summed E-state index contributed by atoms with van der Waals surface area (Å²) in [5.41, 5.74) is 2.25. The minimum Gasteiger partial charge on any atom is -0.467 e. The summed E-state index contributed by atoms with van der Waals surface area (Å²) in [7, 11) is -3.85. The maximum Gasteiger partial charge on any atom is 0.416 e. The lowest BCUT2D eigenvalue weighted by Crippen LogP contribution is -2.41. The molecule has 0 saturated carbocycles. The summed E-state index contributed by atoms with van der Waals surface area (Å²) in [6, 6.07) is 7.66. The molecule has 0 bridgehead atoms. The van der Waals surface area contributed by atoms with Crippen LogP contribution in [0, 0.1) is 13.8 Å². The van der Waals surface area contributed by atoms with Crippen molar-refractivity contribution in [2.75, 3.05) is 13.1 Å². The van der Waals surface area contributed by atoms with E-state index in [1.165, 1.54) is 15.6 Å². The second-order valence-corrected chi connectivity index (χ2v) is 10.5. The van der Waals surface area contributed by atoms with Crippen LogP contribution >= 0.6 is 11.3 Å². The summed E-state index contributed by atoms with van der Waals surface area (Å²) < 4.78 is 72.2. The Kier molecular flexibility index (Phi) is 5.74. The summed E-state index contributed by atoms with van der Waals surface area (Å²) in [6.45, 7) is 4.48. The van der Waals surface area contributed by atoms with Crippen LogP contribution < -0.4 is 4.74 Å². The van der Waals surface area contributed by atoms with E-state index in [1.54, 1.807) is 0 Å². The van der Waals surface area contributed by atoms with E-state index < -0.39 is 21.8 Å². The van der Waals surface area contributed by atoms with Crippen molar-refractivity contribution < 1.29 is 26.3 Å². The van der Waals surface area contributed by atoms with Gasteiger partial charge in [0.15, 0.2) is 0 Å². The van der Waals surface area contributed by atoms with Crippen molar-refractivity contribution in [1.29, 1.82) is 0 Å². The third kappa shape index (κ3) is 4.42. The van der Waals surface area contributed by atoms with E-state index in [2.05, 4.69) is 4.98 Å². The van der Waals surface area contributed by atoms with Crippen LogP contribution in [0.1, 0.15) is 29.5 Å². The first-order chi connectivity index (χ1) is 14.6. The lowest BCUT2D eigenvalue weighted by molar-refractivity contribution is -0.137. The number of aromatic nitrogens is 1. The lowest BCUT2D eigenvalue weighted by atomic mass is 10.1. The van der Waals surface area contributed by atoms with Crippen LogP contribution in [0.15, 0.2) is 41.3 Å². The Hall–Kier alpha value is -2.17. The fraction of sp³-hybridized carbons (Fsp3) is 0.381. The number of sulfonamides is 1. The molecule has 166 valence electrons. The molecular formula is C21H21F3N2O3S2. The average Bonchev–Trinajstić information content (AvgIpc) is 3.16. The number of fused-ring (bicyclic) bond motifs is 1. The van der Waals surface area contributed by atoms with E-state index >= 15 is 0 Å². The van der Waals surface area contributed by atoms with Crippen LogP contribution in [0.5, 0.6) is 5.19 Å². The topological polar surface area (TPSA) is 59.5 Å². The molecule has 1 aliphatic rings. The number of rotatable bonds is 4. The molecule has 2 aromatic carbocycles. The van der Waals surface area contributed by atoms with Crippen molar-refractivity contribution >= 4 is 31.6 Å². The number of aryl methyl sites for hydroxylation is 2. The molecule has 0 radical (unpaired) electrons. The molecule has 1 aromatic heterocycles. The van der Waals surface area contributed by atoms with Crippen LogP contribution in [-0.4, -0.2) is 36.9 Å². The van der Waals surface area contributed by atoms with Crippen molar-refractivity contribution in [3.05, 3.63) is 53.1 Å². The third-order valence-corrected chi connectivity index (χ3v) is 8.40. The van der Waals surface area contributed by atoms with E-state index in [0.29, 0.717) is 18.0 Å². The van der Waals surface area contributed by atoms with Crippen molar-refractivity contribution in [1.82, 2.24) is 9.29 Å².